The summed E-state index contributed by atoms with van der Waals surface area (Å²) in [4.78, 5) is 12.9. The van der Waals surface area contributed by atoms with Gasteiger partial charge in [-0.15, -0.1) is 11.3 Å². The highest BCUT2D eigenvalue weighted by atomic mass is 32.1. The van der Waals surface area contributed by atoms with Crippen LogP contribution < -0.4 is 10.6 Å². The maximum atomic E-state index is 9.64. The number of benzene rings is 1. The summed E-state index contributed by atoms with van der Waals surface area (Å²) >= 11 is 1.73. The van der Waals surface area contributed by atoms with Crippen molar-refractivity contribution in [2.75, 3.05) is 19.6 Å². The van der Waals surface area contributed by atoms with E-state index in [2.05, 4.69) is 58.6 Å². The van der Waals surface area contributed by atoms with Crippen molar-refractivity contribution in [3.63, 3.8) is 0 Å². The first-order valence-corrected chi connectivity index (χ1v) is 11.3. The molecular weight excluding hydrogens is 382 g/mol. The van der Waals surface area contributed by atoms with Gasteiger partial charge >= 0.3 is 0 Å². The molecule has 6 nitrogen and oxygen atoms in total. The molecule has 0 unspecified atom stereocenters. The first-order valence-electron chi connectivity index (χ1n) is 10.5. The Balaban J connectivity index is 1.52. The van der Waals surface area contributed by atoms with Gasteiger partial charge in [-0.3, -0.25) is 4.90 Å². The number of piperidine rings is 1. The number of rotatable bonds is 7. The van der Waals surface area contributed by atoms with Crippen LogP contribution >= 0.6 is 11.3 Å². The number of hydrogen-bond donors (Lipinski definition) is 3. The number of aryl methyl sites for hydroxylation is 2. The van der Waals surface area contributed by atoms with Crippen molar-refractivity contribution in [3.05, 3.63) is 51.0 Å². The van der Waals surface area contributed by atoms with Crippen LogP contribution in [0.3, 0.4) is 0 Å². The van der Waals surface area contributed by atoms with Crippen LogP contribution in [-0.4, -0.2) is 46.7 Å². The van der Waals surface area contributed by atoms with E-state index in [4.69, 9.17) is 4.99 Å². The number of nitrogens with one attached hydrogen (secondary N) is 2. The molecule has 1 aromatic carbocycles. The molecule has 3 N–H and O–H groups in total. The van der Waals surface area contributed by atoms with Crippen molar-refractivity contribution in [3.8, 4) is 0 Å². The largest absolute Gasteiger partial charge is 0.393 e. The fourth-order valence-corrected chi connectivity index (χ4v) is 4.38. The Morgan fingerprint density at radius 3 is 2.48 bits per heavy atom. The molecule has 7 heteroatoms. The highest BCUT2D eigenvalue weighted by molar-refractivity contribution is 7.11. The predicted molar refractivity (Wildman–Crippen MR) is 120 cm³/mol. The summed E-state index contributed by atoms with van der Waals surface area (Å²) < 4.78 is 0. The van der Waals surface area contributed by atoms with Gasteiger partial charge < -0.3 is 15.7 Å². The maximum absolute atomic E-state index is 9.64. The summed E-state index contributed by atoms with van der Waals surface area (Å²) in [5.41, 5.74) is 3.61. The minimum Gasteiger partial charge on any atom is -0.393 e. The number of likely N-dealkylation sites (tertiary alicyclic amines) is 1. The number of guanidine groups is 1. The lowest BCUT2D eigenvalue weighted by atomic mass is 10.1. The Morgan fingerprint density at radius 1 is 1.17 bits per heavy atom. The Labute approximate surface area is 178 Å². The van der Waals surface area contributed by atoms with Crippen LogP contribution in [-0.2, 0) is 19.6 Å². The maximum Gasteiger partial charge on any atom is 0.191 e. The van der Waals surface area contributed by atoms with Gasteiger partial charge in [0.05, 0.1) is 29.9 Å². The third-order valence-electron chi connectivity index (χ3n) is 5.17. The molecule has 3 rings (SSSR count). The number of aliphatic hydroxyl groups excluding tert-OH is 1. The summed E-state index contributed by atoms with van der Waals surface area (Å²) in [6.45, 7) is 11.3. The van der Waals surface area contributed by atoms with Gasteiger partial charge in [-0.2, -0.15) is 0 Å². The SMILES string of the molecule is CCNC(=NCc1ccc(CN2CCC(O)CC2)cc1)NCc1sc(C)nc1C. The minimum absolute atomic E-state index is 0.116. The zero-order chi connectivity index (χ0) is 20.6. The van der Waals surface area contributed by atoms with Crippen molar-refractivity contribution in [1.29, 1.82) is 0 Å². The number of aliphatic imine (C=N–C) groups is 1. The number of thiazole rings is 1. The van der Waals surface area contributed by atoms with E-state index >= 15 is 0 Å². The van der Waals surface area contributed by atoms with Gasteiger partial charge in [0, 0.05) is 31.1 Å². The number of nitrogens with zero attached hydrogens (tertiary/aromatic N) is 3. The molecule has 2 aromatic rings. The molecule has 0 aliphatic carbocycles. The van der Waals surface area contributed by atoms with Gasteiger partial charge in [0.1, 0.15) is 0 Å². The van der Waals surface area contributed by atoms with Crippen LogP contribution in [0.15, 0.2) is 29.3 Å². The van der Waals surface area contributed by atoms with E-state index in [9.17, 15) is 5.11 Å². The average molecular weight is 416 g/mol. The van der Waals surface area contributed by atoms with Crippen LogP contribution in [0.25, 0.3) is 0 Å². The fourth-order valence-electron chi connectivity index (χ4n) is 3.50. The van der Waals surface area contributed by atoms with Gasteiger partial charge in [-0.05, 0) is 44.7 Å². The lowest BCUT2D eigenvalue weighted by Crippen LogP contribution is -2.36. The fraction of sp³-hybridized carbons (Fsp3) is 0.545. The molecule has 29 heavy (non-hydrogen) atoms. The molecule has 158 valence electrons. The molecule has 0 saturated carbocycles. The third kappa shape index (κ3) is 6.80. The summed E-state index contributed by atoms with van der Waals surface area (Å²) in [5.74, 6) is 0.828. The second-order valence-corrected chi connectivity index (χ2v) is 8.90. The molecule has 1 aromatic heterocycles. The van der Waals surface area contributed by atoms with E-state index in [1.165, 1.54) is 16.0 Å². The predicted octanol–water partition coefficient (Wildman–Crippen LogP) is 2.97. The van der Waals surface area contributed by atoms with E-state index in [1.807, 2.05) is 6.92 Å². The quantitative estimate of drug-likeness (QED) is 0.479. The van der Waals surface area contributed by atoms with Gasteiger partial charge in [0.2, 0.25) is 0 Å². The van der Waals surface area contributed by atoms with Gasteiger partial charge in [0.25, 0.3) is 0 Å². The second kappa shape index (κ2) is 10.7. The zero-order valence-electron chi connectivity index (χ0n) is 17.7. The molecule has 1 aliphatic rings. The van der Waals surface area contributed by atoms with Crippen LogP contribution in [0.4, 0.5) is 0 Å². The summed E-state index contributed by atoms with van der Waals surface area (Å²) in [6.07, 6.45) is 1.65. The van der Waals surface area contributed by atoms with Crippen molar-refractivity contribution >= 4 is 17.3 Å². The number of aliphatic hydroxyl groups is 1. The molecule has 1 saturated heterocycles. The summed E-state index contributed by atoms with van der Waals surface area (Å²) in [6, 6.07) is 8.72. The lowest BCUT2D eigenvalue weighted by Gasteiger charge is -2.29. The van der Waals surface area contributed by atoms with E-state index in [-0.39, 0.29) is 6.10 Å². The van der Waals surface area contributed by atoms with E-state index in [0.29, 0.717) is 6.54 Å². The molecule has 0 amide bonds. The van der Waals surface area contributed by atoms with Gasteiger partial charge in [0.15, 0.2) is 5.96 Å². The number of aromatic nitrogens is 1. The molecule has 0 spiro atoms. The van der Waals surface area contributed by atoms with Gasteiger partial charge in [-0.1, -0.05) is 24.3 Å². The van der Waals surface area contributed by atoms with Crippen molar-refractivity contribution < 1.29 is 5.11 Å². The van der Waals surface area contributed by atoms with Crippen LogP contribution in [0.2, 0.25) is 0 Å². The summed E-state index contributed by atoms with van der Waals surface area (Å²) in [5, 5.41) is 17.5. The standard InChI is InChI=1S/C22H33N5OS/c1-4-23-22(25-14-21-16(2)26-17(3)29-21)24-13-18-5-7-19(8-6-18)15-27-11-9-20(28)10-12-27/h5-8,20,28H,4,9-15H2,1-3H3,(H2,23,24,25). The first-order chi connectivity index (χ1) is 14.0. The molecule has 1 fully saturated rings. The number of hydrogen-bond acceptors (Lipinski definition) is 5. The Hall–Kier alpha value is -1.96. The topological polar surface area (TPSA) is 72.8 Å². The highest BCUT2D eigenvalue weighted by Gasteiger charge is 2.16. The van der Waals surface area contributed by atoms with E-state index < -0.39 is 0 Å². The van der Waals surface area contributed by atoms with Crippen LogP contribution in [0, 0.1) is 13.8 Å². The normalized spacial score (nSPS) is 16.2. The van der Waals surface area contributed by atoms with Crippen LogP contribution in [0.1, 0.15) is 46.5 Å². The Kier molecular flexibility index (Phi) is 8.03. The van der Waals surface area contributed by atoms with E-state index in [1.54, 1.807) is 11.3 Å². The van der Waals surface area contributed by atoms with Crippen molar-refractivity contribution in [1.82, 2.24) is 20.5 Å². The molecule has 0 radical (unpaired) electrons. The third-order valence-corrected chi connectivity index (χ3v) is 6.24. The second-order valence-electron chi connectivity index (χ2n) is 7.61. The van der Waals surface area contributed by atoms with Crippen LogP contribution in [0.5, 0.6) is 0 Å². The molecule has 1 aliphatic heterocycles. The molecular formula is C22H33N5OS. The smallest absolute Gasteiger partial charge is 0.191 e. The van der Waals surface area contributed by atoms with Gasteiger partial charge in [-0.25, -0.2) is 9.98 Å². The first kappa shape index (κ1) is 21.7. The van der Waals surface area contributed by atoms with Crippen molar-refractivity contribution in [2.45, 2.75) is 59.4 Å². The molecule has 0 bridgehead atoms. The summed E-state index contributed by atoms with van der Waals surface area (Å²) in [7, 11) is 0. The van der Waals surface area contributed by atoms with E-state index in [0.717, 1.165) is 62.2 Å². The molecule has 0 atom stereocenters. The highest BCUT2D eigenvalue weighted by Crippen LogP contribution is 2.17. The zero-order valence-corrected chi connectivity index (χ0v) is 18.6. The Morgan fingerprint density at radius 2 is 1.86 bits per heavy atom. The lowest BCUT2D eigenvalue weighted by molar-refractivity contribution is 0.0792. The van der Waals surface area contributed by atoms with Crippen molar-refractivity contribution in [2.24, 2.45) is 4.99 Å². The monoisotopic (exact) mass is 415 g/mol. The Bertz CT molecular complexity index is 794. The average Bonchev–Trinajstić information content (AvgIpc) is 3.04. The molecule has 2 heterocycles. The minimum atomic E-state index is -0.116.